The van der Waals surface area contributed by atoms with Gasteiger partial charge < -0.3 is 25.4 Å². The average Bonchev–Trinajstić information content (AvgIpc) is 3.43. The van der Waals surface area contributed by atoms with E-state index in [0.717, 1.165) is 53.9 Å². The van der Waals surface area contributed by atoms with E-state index < -0.39 is 23.0 Å². The number of nitrogens with one attached hydrogen (secondary N) is 3. The van der Waals surface area contributed by atoms with Crippen molar-refractivity contribution in [1.29, 1.82) is 0 Å². The first kappa shape index (κ1) is 36.4. The van der Waals surface area contributed by atoms with Gasteiger partial charge in [-0.15, -0.1) is 23.1 Å². The molecule has 1 heterocycles. The zero-order valence-corrected chi connectivity index (χ0v) is 30.0. The van der Waals surface area contributed by atoms with Crippen LogP contribution in [-0.2, 0) is 27.2 Å². The molecule has 9 nitrogen and oxygen atoms in total. The van der Waals surface area contributed by atoms with Crippen LogP contribution >= 0.6 is 23.1 Å². The maximum Gasteiger partial charge on any atom is 0.341 e. The number of hydrogen-bond donors (Lipinski definition) is 3. The van der Waals surface area contributed by atoms with Crippen molar-refractivity contribution in [3.63, 3.8) is 0 Å². The molecular weight excluding hydrogens is 671 g/mol. The molecule has 1 atom stereocenters. The number of methoxy groups -OCH3 is 1. The van der Waals surface area contributed by atoms with Crippen LogP contribution in [0.1, 0.15) is 76.3 Å². The zero-order valence-electron chi connectivity index (χ0n) is 28.4. The number of amides is 3. The summed E-state index contributed by atoms with van der Waals surface area (Å²) >= 11 is 2.80. The molecule has 5 rings (SSSR count). The number of esters is 1. The monoisotopic (exact) mass is 711 g/mol. The quantitative estimate of drug-likeness (QED) is 0.0771. The minimum absolute atomic E-state index is 0.0246. The molecule has 1 aliphatic carbocycles. The van der Waals surface area contributed by atoms with Crippen molar-refractivity contribution in [3.8, 4) is 5.75 Å². The van der Waals surface area contributed by atoms with Gasteiger partial charge in [-0.1, -0.05) is 55.3 Å². The highest BCUT2D eigenvalue weighted by Crippen LogP contribution is 2.38. The number of ether oxygens (including phenoxy) is 2. The van der Waals surface area contributed by atoms with E-state index in [-0.39, 0.29) is 18.2 Å². The van der Waals surface area contributed by atoms with E-state index in [1.165, 1.54) is 30.2 Å². The summed E-state index contributed by atoms with van der Waals surface area (Å²) in [6.07, 6.45) is 7.58. The van der Waals surface area contributed by atoms with Crippen molar-refractivity contribution in [3.05, 3.63) is 112 Å². The minimum Gasteiger partial charge on any atom is -0.496 e. The molecule has 3 aromatic carbocycles. The second-order valence-corrected chi connectivity index (χ2v) is 14.2. The van der Waals surface area contributed by atoms with Crippen molar-refractivity contribution in [1.82, 2.24) is 5.32 Å². The van der Waals surface area contributed by atoms with Gasteiger partial charge in [-0.25, -0.2) is 4.79 Å². The van der Waals surface area contributed by atoms with E-state index in [0.29, 0.717) is 33.1 Å². The van der Waals surface area contributed by atoms with Gasteiger partial charge in [0, 0.05) is 26.6 Å². The molecule has 0 saturated carbocycles. The maximum absolute atomic E-state index is 13.6. The summed E-state index contributed by atoms with van der Waals surface area (Å²) in [6, 6.07) is 23.0. The number of carbonyl (C=O) groups is 4. The molecule has 0 spiro atoms. The summed E-state index contributed by atoms with van der Waals surface area (Å²) in [4.78, 5) is 55.1. The van der Waals surface area contributed by atoms with Gasteiger partial charge in [0.15, 0.2) is 0 Å². The number of hydrogen-bond acceptors (Lipinski definition) is 8. The predicted octanol–water partition coefficient (Wildman–Crippen LogP) is 8.12. The highest BCUT2D eigenvalue weighted by Gasteiger charge is 2.27. The Morgan fingerprint density at radius 3 is 2.40 bits per heavy atom. The molecule has 3 N–H and O–H groups in total. The third-order valence-corrected chi connectivity index (χ3v) is 10.4. The molecule has 1 unspecified atom stereocenters. The van der Waals surface area contributed by atoms with Crippen LogP contribution in [-0.4, -0.2) is 42.7 Å². The molecule has 4 aromatic rings. The van der Waals surface area contributed by atoms with Crippen LogP contribution in [0.3, 0.4) is 0 Å². The predicted molar refractivity (Wildman–Crippen MR) is 200 cm³/mol. The molecule has 11 heteroatoms. The van der Waals surface area contributed by atoms with Crippen molar-refractivity contribution >= 4 is 63.6 Å². The number of carbonyl (C=O) groups excluding carboxylic acids is 4. The van der Waals surface area contributed by atoms with Crippen LogP contribution in [0, 0.1) is 0 Å². The molecule has 0 saturated heterocycles. The first-order valence-corrected chi connectivity index (χ1v) is 18.4. The largest absolute Gasteiger partial charge is 0.496 e. The van der Waals surface area contributed by atoms with Crippen LogP contribution in [0.15, 0.2) is 89.5 Å². The smallest absolute Gasteiger partial charge is 0.341 e. The molecule has 0 bridgehead atoms. The fourth-order valence-corrected chi connectivity index (χ4v) is 7.83. The Morgan fingerprint density at radius 2 is 1.64 bits per heavy atom. The van der Waals surface area contributed by atoms with Crippen LogP contribution in [0.2, 0.25) is 0 Å². The van der Waals surface area contributed by atoms with Gasteiger partial charge in [-0.05, 0) is 87.6 Å². The van der Waals surface area contributed by atoms with Crippen LogP contribution in [0.4, 0.5) is 10.7 Å². The van der Waals surface area contributed by atoms with Gasteiger partial charge in [0.05, 0.1) is 24.5 Å². The second-order valence-electron chi connectivity index (χ2n) is 11.7. The lowest BCUT2D eigenvalue weighted by molar-refractivity contribution is -0.115. The summed E-state index contributed by atoms with van der Waals surface area (Å²) in [5.74, 6) is -1.07. The van der Waals surface area contributed by atoms with Crippen molar-refractivity contribution in [2.75, 3.05) is 24.4 Å². The SMILES string of the molecule is CCOC(=O)c1c(NC(=O)C(C)Sc2cccc(NC(=O)/C(=C\c3ccccc3OC)NC(=O)c3ccccc3)c2)sc2c1CCCCCC2. The standard InChI is InChI=1S/C39H41N3O6S2/c1-4-48-39(46)34-30-20-10-5-6-11-22-33(30)50-38(34)42-35(43)25(2)49-29-19-14-18-28(24-29)40-37(45)31(23-27-17-12-13-21-32(27)47-3)41-36(44)26-15-8-7-9-16-26/h7-9,12-19,21,23-25H,4-6,10-11,20,22H2,1-3H3,(H,40,45)(H,41,44)(H,42,43)/b31-23+. The fourth-order valence-electron chi connectivity index (χ4n) is 5.63. The molecule has 1 aliphatic rings. The van der Waals surface area contributed by atoms with E-state index in [9.17, 15) is 19.2 Å². The number of rotatable bonds is 12. The van der Waals surface area contributed by atoms with Gasteiger partial charge in [0.2, 0.25) is 5.91 Å². The first-order valence-electron chi connectivity index (χ1n) is 16.7. The molecule has 1 aromatic heterocycles. The molecule has 3 amide bonds. The van der Waals surface area contributed by atoms with E-state index in [4.69, 9.17) is 9.47 Å². The summed E-state index contributed by atoms with van der Waals surface area (Å²) < 4.78 is 10.9. The Hall–Kier alpha value is -4.87. The van der Waals surface area contributed by atoms with E-state index >= 15 is 0 Å². The molecule has 260 valence electrons. The summed E-state index contributed by atoms with van der Waals surface area (Å²) in [5.41, 5.74) is 3.01. The Bertz CT molecular complexity index is 1870. The zero-order chi connectivity index (χ0) is 35.5. The number of fused-ring (bicyclic) bond motifs is 1. The highest BCUT2D eigenvalue weighted by atomic mass is 32.2. The summed E-state index contributed by atoms with van der Waals surface area (Å²) in [5, 5.41) is 8.68. The minimum atomic E-state index is -0.534. The Labute approximate surface area is 300 Å². The van der Waals surface area contributed by atoms with Gasteiger partial charge >= 0.3 is 5.97 Å². The lowest BCUT2D eigenvalue weighted by atomic mass is 9.96. The van der Waals surface area contributed by atoms with Gasteiger partial charge in [-0.2, -0.15) is 0 Å². The summed E-state index contributed by atoms with van der Waals surface area (Å²) in [6.45, 7) is 3.83. The van der Waals surface area contributed by atoms with Gasteiger partial charge in [0.25, 0.3) is 11.8 Å². The van der Waals surface area contributed by atoms with Crippen LogP contribution in [0.5, 0.6) is 5.75 Å². The van der Waals surface area contributed by atoms with Gasteiger partial charge in [-0.3, -0.25) is 14.4 Å². The molecule has 50 heavy (non-hydrogen) atoms. The molecule has 0 aliphatic heterocycles. The van der Waals surface area contributed by atoms with Gasteiger partial charge in [0.1, 0.15) is 16.4 Å². The van der Waals surface area contributed by atoms with Crippen molar-refractivity contribution in [2.45, 2.75) is 62.5 Å². The first-order chi connectivity index (χ1) is 24.3. The lowest BCUT2D eigenvalue weighted by Crippen LogP contribution is -2.30. The van der Waals surface area contributed by atoms with Crippen molar-refractivity contribution in [2.24, 2.45) is 0 Å². The molecular formula is C39H41N3O6S2. The molecule has 0 fully saturated rings. The topological polar surface area (TPSA) is 123 Å². The number of thiophene rings is 1. The lowest BCUT2D eigenvalue weighted by Gasteiger charge is -2.15. The second kappa shape index (κ2) is 17.7. The van der Waals surface area contributed by atoms with E-state index in [1.54, 1.807) is 74.5 Å². The van der Waals surface area contributed by atoms with E-state index in [2.05, 4.69) is 16.0 Å². The van der Waals surface area contributed by atoms with Crippen molar-refractivity contribution < 1.29 is 28.7 Å². The number of thioether (sulfide) groups is 1. The summed E-state index contributed by atoms with van der Waals surface area (Å²) in [7, 11) is 1.54. The number of benzene rings is 3. The Kier molecular flexibility index (Phi) is 12.9. The van der Waals surface area contributed by atoms with Crippen LogP contribution in [0.25, 0.3) is 6.08 Å². The third kappa shape index (κ3) is 9.42. The normalized spacial score (nSPS) is 13.5. The number of aryl methyl sites for hydroxylation is 1. The average molecular weight is 712 g/mol. The van der Waals surface area contributed by atoms with E-state index in [1.807, 2.05) is 24.3 Å². The van der Waals surface area contributed by atoms with Crippen LogP contribution < -0.4 is 20.7 Å². The Balaban J connectivity index is 1.31. The highest BCUT2D eigenvalue weighted by molar-refractivity contribution is 8.00. The maximum atomic E-state index is 13.6. The number of anilines is 2. The molecule has 0 radical (unpaired) electrons. The Morgan fingerprint density at radius 1 is 0.900 bits per heavy atom. The number of para-hydroxylation sites is 1. The third-order valence-electron chi connectivity index (χ3n) is 8.13. The fraction of sp³-hybridized carbons (Fsp3) is 0.282.